The molecule has 2 N–H and O–H groups in total. The molecule has 0 bridgehead atoms. The Kier molecular flexibility index (Phi) is 5.05. The number of carbonyl (C=O) groups is 1. The molecule has 0 saturated carbocycles. The average Bonchev–Trinajstić information content (AvgIpc) is 3.48. The van der Waals surface area contributed by atoms with E-state index in [-0.39, 0.29) is 6.54 Å². The van der Waals surface area contributed by atoms with E-state index in [1.165, 1.54) is 25.1 Å². The Balaban J connectivity index is 1.66. The van der Waals surface area contributed by atoms with Crippen LogP contribution in [0.1, 0.15) is 65.6 Å². The predicted octanol–water partition coefficient (Wildman–Crippen LogP) is 4.57. The number of benzene rings is 1. The van der Waals surface area contributed by atoms with E-state index in [2.05, 4.69) is 15.0 Å². The first-order valence-corrected chi connectivity index (χ1v) is 10.7. The molecule has 3 aromatic heterocycles. The van der Waals surface area contributed by atoms with E-state index >= 15 is 0 Å². The summed E-state index contributed by atoms with van der Waals surface area (Å²) in [6, 6.07) is 8.09. The number of rotatable bonds is 3. The van der Waals surface area contributed by atoms with Crippen LogP contribution in [0.15, 0.2) is 45.5 Å². The average molecular weight is 474 g/mol. The van der Waals surface area contributed by atoms with Crippen LogP contribution in [0.5, 0.6) is 0 Å². The Morgan fingerprint density at radius 1 is 1.24 bits per heavy atom. The molecular weight excluding hydrogens is 453 g/mol. The molecular formula is C23H21F3N4O4. The Bertz CT molecular complexity index is 1330. The van der Waals surface area contributed by atoms with Gasteiger partial charge in [-0.1, -0.05) is 18.2 Å². The molecule has 0 aliphatic carbocycles. The van der Waals surface area contributed by atoms with Gasteiger partial charge < -0.3 is 23.8 Å². The third-order valence-corrected chi connectivity index (χ3v) is 5.74. The van der Waals surface area contributed by atoms with E-state index in [1.54, 1.807) is 18.2 Å². The van der Waals surface area contributed by atoms with Gasteiger partial charge in [-0.25, -0.2) is 9.97 Å². The number of H-pyrrole nitrogens is 1. The summed E-state index contributed by atoms with van der Waals surface area (Å²) in [5, 5.41) is 10.9. The van der Waals surface area contributed by atoms with Crippen molar-refractivity contribution >= 4 is 16.9 Å². The number of aryl methyl sites for hydroxylation is 1. The van der Waals surface area contributed by atoms with E-state index < -0.39 is 41.1 Å². The Morgan fingerprint density at radius 2 is 2.00 bits per heavy atom. The van der Waals surface area contributed by atoms with Crippen LogP contribution < -0.4 is 0 Å². The van der Waals surface area contributed by atoms with Crippen LogP contribution in [0.4, 0.5) is 13.2 Å². The number of amides is 1. The van der Waals surface area contributed by atoms with E-state index in [1.807, 2.05) is 12.1 Å². The minimum atomic E-state index is -4.96. The largest absolute Gasteiger partial charge is 0.458 e. The minimum Gasteiger partial charge on any atom is -0.458 e. The first-order valence-electron chi connectivity index (χ1n) is 10.7. The molecule has 1 atom stereocenters. The lowest BCUT2D eigenvalue weighted by atomic mass is 10.1. The van der Waals surface area contributed by atoms with Crippen LogP contribution in [0.2, 0.25) is 0 Å². The third-order valence-electron chi connectivity index (χ3n) is 5.74. The number of halogens is 3. The fourth-order valence-corrected chi connectivity index (χ4v) is 4.16. The highest BCUT2D eigenvalue weighted by Gasteiger charge is 2.46. The molecule has 5 rings (SSSR count). The number of oxazole rings is 1. The predicted molar refractivity (Wildman–Crippen MR) is 113 cm³/mol. The number of fused-ring (bicyclic) bond motifs is 2. The number of nitrogens with one attached hydrogen (secondary N) is 1. The Labute approximate surface area is 191 Å². The van der Waals surface area contributed by atoms with Crippen molar-refractivity contribution in [2.24, 2.45) is 0 Å². The molecule has 0 spiro atoms. The first kappa shape index (κ1) is 22.2. The number of nitrogens with zero attached hydrogens (tertiary/aromatic N) is 3. The molecule has 4 aromatic rings. The molecule has 0 radical (unpaired) electrons. The lowest BCUT2D eigenvalue weighted by Gasteiger charge is -2.27. The van der Waals surface area contributed by atoms with Gasteiger partial charge in [0.15, 0.2) is 5.69 Å². The maximum atomic E-state index is 13.8. The van der Waals surface area contributed by atoms with Crippen molar-refractivity contribution in [2.45, 2.75) is 44.5 Å². The van der Waals surface area contributed by atoms with Crippen molar-refractivity contribution in [2.75, 3.05) is 6.54 Å². The Hall–Kier alpha value is -3.60. The number of aliphatic hydroxyl groups is 1. The number of para-hydroxylation sites is 1. The third kappa shape index (κ3) is 3.75. The molecule has 1 aliphatic rings. The summed E-state index contributed by atoms with van der Waals surface area (Å²) < 4.78 is 52.6. The standard InChI is InChI=1S/C23H21F3N4O4/c1-22(2,32)21-29-19(23(24,25)26)18(34-21)20(31)30-9-5-7-13-16(28-11-27-13)17(30)15-10-12-6-3-4-8-14(12)33-15/h3-4,6,8,10-11,17,32H,5,7,9H2,1-2H3,(H,27,28)/t17-/m1/s1. The molecule has 11 heteroatoms. The van der Waals surface area contributed by atoms with Crippen molar-refractivity contribution < 1.29 is 31.9 Å². The summed E-state index contributed by atoms with van der Waals surface area (Å²) in [5.41, 5.74) is -1.46. The lowest BCUT2D eigenvalue weighted by Crippen LogP contribution is -2.36. The molecule has 34 heavy (non-hydrogen) atoms. The Morgan fingerprint density at radius 3 is 2.71 bits per heavy atom. The van der Waals surface area contributed by atoms with E-state index in [0.717, 1.165) is 11.1 Å². The summed E-state index contributed by atoms with van der Waals surface area (Å²) in [5.74, 6) is -2.24. The molecule has 1 amide bonds. The van der Waals surface area contributed by atoms with Gasteiger partial charge in [-0.3, -0.25) is 4.79 Å². The molecule has 1 aliphatic heterocycles. The van der Waals surface area contributed by atoms with E-state index in [9.17, 15) is 23.1 Å². The second kappa shape index (κ2) is 7.73. The van der Waals surface area contributed by atoms with Crippen LogP contribution in [0.3, 0.4) is 0 Å². The smallest absolute Gasteiger partial charge is 0.437 e. The maximum absolute atomic E-state index is 13.8. The van der Waals surface area contributed by atoms with Crippen molar-refractivity contribution in [3.63, 3.8) is 0 Å². The molecule has 8 nitrogen and oxygen atoms in total. The second-order valence-corrected chi connectivity index (χ2v) is 8.71. The van der Waals surface area contributed by atoms with Gasteiger partial charge in [0.25, 0.3) is 5.91 Å². The van der Waals surface area contributed by atoms with Crippen molar-refractivity contribution in [3.8, 4) is 0 Å². The number of aromatic nitrogens is 3. The van der Waals surface area contributed by atoms with Crippen molar-refractivity contribution in [1.29, 1.82) is 0 Å². The molecule has 0 fully saturated rings. The SMILES string of the molecule is CC(C)(O)c1nc(C(F)(F)F)c(C(=O)N2CCCc3[nH]cnc3[C@H]2c2cc3ccccc3o2)o1. The number of aromatic amines is 1. The summed E-state index contributed by atoms with van der Waals surface area (Å²) in [6.45, 7) is 2.58. The van der Waals surface area contributed by atoms with Gasteiger partial charge in [-0.15, -0.1) is 0 Å². The number of carbonyl (C=O) groups excluding carboxylic acids is 1. The van der Waals surface area contributed by atoms with Gasteiger partial charge in [0.1, 0.15) is 23.0 Å². The lowest BCUT2D eigenvalue weighted by molar-refractivity contribution is -0.141. The number of imidazole rings is 1. The van der Waals surface area contributed by atoms with Gasteiger partial charge in [0.2, 0.25) is 11.7 Å². The van der Waals surface area contributed by atoms with Crippen LogP contribution in [0, 0.1) is 0 Å². The summed E-state index contributed by atoms with van der Waals surface area (Å²) in [7, 11) is 0. The highest BCUT2D eigenvalue weighted by molar-refractivity contribution is 5.93. The summed E-state index contributed by atoms with van der Waals surface area (Å²) >= 11 is 0. The fourth-order valence-electron chi connectivity index (χ4n) is 4.16. The highest BCUT2D eigenvalue weighted by atomic mass is 19.4. The molecule has 1 aromatic carbocycles. The van der Waals surface area contributed by atoms with Crippen LogP contribution in [0.25, 0.3) is 11.0 Å². The van der Waals surface area contributed by atoms with Gasteiger partial charge in [0.05, 0.1) is 12.0 Å². The van der Waals surface area contributed by atoms with E-state index in [4.69, 9.17) is 8.83 Å². The van der Waals surface area contributed by atoms with Gasteiger partial charge in [-0.2, -0.15) is 13.2 Å². The zero-order valence-corrected chi connectivity index (χ0v) is 18.3. The summed E-state index contributed by atoms with van der Waals surface area (Å²) in [6.07, 6.45) is -2.45. The van der Waals surface area contributed by atoms with Gasteiger partial charge in [0, 0.05) is 17.6 Å². The molecule has 4 heterocycles. The number of hydrogen-bond donors (Lipinski definition) is 2. The van der Waals surface area contributed by atoms with Crippen molar-refractivity contribution in [3.05, 3.63) is 71.2 Å². The maximum Gasteiger partial charge on any atom is 0.437 e. The fraction of sp³-hybridized carbons (Fsp3) is 0.348. The normalized spacial score (nSPS) is 17.1. The van der Waals surface area contributed by atoms with Gasteiger partial charge in [-0.05, 0) is 38.8 Å². The topological polar surface area (TPSA) is 108 Å². The second-order valence-electron chi connectivity index (χ2n) is 8.71. The van der Waals surface area contributed by atoms with Crippen molar-refractivity contribution in [1.82, 2.24) is 19.9 Å². The summed E-state index contributed by atoms with van der Waals surface area (Å²) in [4.78, 5) is 25.7. The van der Waals surface area contributed by atoms with Crippen LogP contribution in [-0.4, -0.2) is 37.4 Å². The quantitative estimate of drug-likeness (QED) is 0.450. The molecule has 0 unspecified atom stereocenters. The van der Waals surface area contributed by atoms with Gasteiger partial charge >= 0.3 is 6.18 Å². The first-order chi connectivity index (χ1) is 16.0. The zero-order valence-electron chi connectivity index (χ0n) is 18.3. The van der Waals surface area contributed by atoms with Crippen LogP contribution >= 0.6 is 0 Å². The van der Waals surface area contributed by atoms with Crippen LogP contribution in [-0.2, 0) is 18.2 Å². The molecule has 0 saturated heterocycles. The molecule has 178 valence electrons. The minimum absolute atomic E-state index is 0.126. The van der Waals surface area contributed by atoms with E-state index in [0.29, 0.717) is 29.9 Å². The number of furan rings is 1. The number of hydrogen-bond acceptors (Lipinski definition) is 6. The monoisotopic (exact) mass is 474 g/mol. The zero-order chi connectivity index (χ0) is 24.3. The number of alkyl halides is 3. The highest BCUT2D eigenvalue weighted by Crippen LogP contribution is 2.39.